The van der Waals surface area contributed by atoms with E-state index in [2.05, 4.69) is 20.8 Å². The molecule has 0 bridgehead atoms. The third-order valence-electron chi connectivity index (χ3n) is 3.86. The molecule has 1 heterocycles. The molecule has 0 radical (unpaired) electrons. The van der Waals surface area contributed by atoms with E-state index in [1.165, 1.54) is 41.3 Å². The number of nitrogens with zero attached hydrogens (tertiary/aromatic N) is 2. The van der Waals surface area contributed by atoms with Gasteiger partial charge in [0, 0.05) is 22.5 Å². The minimum absolute atomic E-state index is 0.0455. The molecule has 6 N–H and O–H groups in total. The number of nitrogens with one attached hydrogen (secondary N) is 2. The first-order valence-corrected chi connectivity index (χ1v) is 10.6. The molecular weight excluding hydrogens is 440 g/mol. The molecule has 0 saturated heterocycles. The molecule has 160 valence electrons. The Morgan fingerprint density at radius 2 is 1.65 bits per heavy atom. The number of ether oxygens (including phenoxy) is 1. The lowest BCUT2D eigenvalue weighted by Gasteiger charge is -2.08. The number of hydrogen-bond acceptors (Lipinski definition) is 9. The zero-order valence-corrected chi connectivity index (χ0v) is 17.9. The third-order valence-corrected chi connectivity index (χ3v) is 5.83. The molecule has 0 unspecified atom stereocenters. The number of nitrogens with two attached hydrogens (primary N) is 2. The zero-order valence-electron chi connectivity index (χ0n) is 16.2. The van der Waals surface area contributed by atoms with Gasteiger partial charge in [-0.25, -0.2) is 0 Å². The van der Waals surface area contributed by atoms with Gasteiger partial charge in [0.05, 0.1) is 12.9 Å². The van der Waals surface area contributed by atoms with Crippen LogP contribution in [0.4, 0.5) is 16.5 Å². The van der Waals surface area contributed by atoms with Gasteiger partial charge in [0.25, 0.3) is 0 Å². The predicted octanol–water partition coefficient (Wildman–Crippen LogP) is 2.22. The van der Waals surface area contributed by atoms with Gasteiger partial charge in [0.1, 0.15) is 5.75 Å². The predicted molar refractivity (Wildman–Crippen MR) is 119 cm³/mol. The van der Waals surface area contributed by atoms with E-state index >= 15 is 0 Å². The van der Waals surface area contributed by atoms with Gasteiger partial charge in [0.15, 0.2) is 4.34 Å². The van der Waals surface area contributed by atoms with Gasteiger partial charge < -0.3 is 26.8 Å². The average Bonchev–Trinajstić information content (AvgIpc) is 3.20. The molecular formula is C19H18N6O4S2. The molecule has 3 rings (SSSR count). The summed E-state index contributed by atoms with van der Waals surface area (Å²) < 4.78 is 5.71. The molecule has 0 spiro atoms. The number of aromatic nitrogens is 2. The summed E-state index contributed by atoms with van der Waals surface area (Å²) in [6.07, 6.45) is 0. The van der Waals surface area contributed by atoms with Crippen LogP contribution < -0.4 is 26.8 Å². The molecule has 3 aromatic rings. The van der Waals surface area contributed by atoms with Crippen LogP contribution >= 0.6 is 23.1 Å². The first kappa shape index (κ1) is 22.1. The quantitative estimate of drug-likeness (QED) is 0.355. The SMILES string of the molecule is COc1ccc(Nc2nnc(SCC(=O)Nc3cc(C(N)=O)cc(C(N)=O)c3)s2)cc1. The highest BCUT2D eigenvalue weighted by Crippen LogP contribution is 2.28. The van der Waals surface area contributed by atoms with Crippen molar-refractivity contribution in [1.29, 1.82) is 0 Å². The van der Waals surface area contributed by atoms with E-state index in [0.29, 0.717) is 9.47 Å². The van der Waals surface area contributed by atoms with E-state index in [0.717, 1.165) is 11.4 Å². The summed E-state index contributed by atoms with van der Waals surface area (Å²) >= 11 is 2.49. The van der Waals surface area contributed by atoms with E-state index in [1.807, 2.05) is 24.3 Å². The lowest BCUT2D eigenvalue weighted by molar-refractivity contribution is -0.113. The van der Waals surface area contributed by atoms with Crippen LogP contribution in [0.15, 0.2) is 46.8 Å². The average molecular weight is 459 g/mol. The van der Waals surface area contributed by atoms with Crippen molar-refractivity contribution in [3.05, 3.63) is 53.6 Å². The van der Waals surface area contributed by atoms with Crippen molar-refractivity contribution in [2.24, 2.45) is 11.5 Å². The number of anilines is 3. The van der Waals surface area contributed by atoms with Crippen LogP contribution in [-0.2, 0) is 4.79 Å². The Kier molecular flexibility index (Phi) is 7.05. The number of thioether (sulfide) groups is 1. The van der Waals surface area contributed by atoms with Crippen molar-refractivity contribution < 1.29 is 19.1 Å². The van der Waals surface area contributed by atoms with Gasteiger partial charge in [-0.3, -0.25) is 14.4 Å². The zero-order chi connectivity index (χ0) is 22.4. The van der Waals surface area contributed by atoms with Crippen LogP contribution in [0.5, 0.6) is 5.75 Å². The summed E-state index contributed by atoms with van der Waals surface area (Å²) in [5.74, 6) is -1.04. The molecule has 12 heteroatoms. The monoisotopic (exact) mass is 458 g/mol. The maximum atomic E-state index is 12.3. The molecule has 1 aromatic heterocycles. The van der Waals surface area contributed by atoms with Crippen LogP contribution in [-0.4, -0.2) is 40.8 Å². The second kappa shape index (κ2) is 9.91. The number of rotatable bonds is 9. The van der Waals surface area contributed by atoms with E-state index < -0.39 is 11.8 Å². The van der Waals surface area contributed by atoms with Crippen molar-refractivity contribution in [1.82, 2.24) is 10.2 Å². The summed E-state index contributed by atoms with van der Waals surface area (Å²) in [5.41, 5.74) is 11.7. The van der Waals surface area contributed by atoms with Gasteiger partial charge in [-0.05, 0) is 42.5 Å². The fraction of sp³-hybridized carbons (Fsp3) is 0.105. The number of carbonyl (C=O) groups excluding carboxylic acids is 3. The number of benzene rings is 2. The van der Waals surface area contributed by atoms with Crippen LogP contribution in [0, 0.1) is 0 Å². The van der Waals surface area contributed by atoms with Gasteiger partial charge in [-0.2, -0.15) is 0 Å². The van der Waals surface area contributed by atoms with Crippen molar-refractivity contribution in [2.75, 3.05) is 23.5 Å². The van der Waals surface area contributed by atoms with Gasteiger partial charge in [0.2, 0.25) is 22.9 Å². The first-order chi connectivity index (χ1) is 14.8. The second-order valence-electron chi connectivity index (χ2n) is 6.09. The van der Waals surface area contributed by atoms with E-state index in [4.69, 9.17) is 16.2 Å². The Morgan fingerprint density at radius 1 is 1.00 bits per heavy atom. The molecule has 3 amide bonds. The van der Waals surface area contributed by atoms with Crippen LogP contribution in [0.2, 0.25) is 0 Å². The highest BCUT2D eigenvalue weighted by atomic mass is 32.2. The van der Waals surface area contributed by atoms with Gasteiger partial charge >= 0.3 is 0 Å². The minimum Gasteiger partial charge on any atom is -0.497 e. The Hall–Kier alpha value is -3.64. The molecule has 0 saturated carbocycles. The fourth-order valence-corrected chi connectivity index (χ4v) is 4.00. The number of carbonyl (C=O) groups is 3. The molecule has 0 atom stereocenters. The van der Waals surface area contributed by atoms with Crippen LogP contribution in [0.3, 0.4) is 0 Å². The molecule has 0 fully saturated rings. The summed E-state index contributed by atoms with van der Waals surface area (Å²) in [6, 6.07) is 11.4. The van der Waals surface area contributed by atoms with E-state index in [-0.39, 0.29) is 28.5 Å². The van der Waals surface area contributed by atoms with Gasteiger partial charge in [-0.1, -0.05) is 23.1 Å². The molecule has 0 aliphatic carbocycles. The third kappa shape index (κ3) is 6.17. The Balaban J connectivity index is 1.57. The Labute approximate surface area is 185 Å². The van der Waals surface area contributed by atoms with Crippen molar-refractivity contribution >= 4 is 57.3 Å². The minimum atomic E-state index is -0.737. The fourth-order valence-electron chi connectivity index (χ4n) is 2.43. The summed E-state index contributed by atoms with van der Waals surface area (Å²) in [6.45, 7) is 0. The van der Waals surface area contributed by atoms with Gasteiger partial charge in [-0.15, -0.1) is 10.2 Å². The Morgan fingerprint density at radius 3 is 2.23 bits per heavy atom. The molecule has 31 heavy (non-hydrogen) atoms. The maximum absolute atomic E-state index is 12.3. The molecule has 0 aliphatic rings. The first-order valence-electron chi connectivity index (χ1n) is 8.76. The Bertz CT molecular complexity index is 1080. The standard InChI is InChI=1S/C19H18N6O4S2/c1-29-14-4-2-12(3-5-14)23-18-24-25-19(31-18)30-9-15(26)22-13-7-10(16(20)27)6-11(8-13)17(21)28/h2-8H,9H2,1H3,(H2,20,27)(H2,21,28)(H,22,26)(H,23,24). The molecule has 0 aliphatic heterocycles. The number of hydrogen-bond donors (Lipinski definition) is 4. The normalized spacial score (nSPS) is 10.4. The second-order valence-corrected chi connectivity index (χ2v) is 8.29. The van der Waals surface area contributed by atoms with Crippen molar-refractivity contribution in [3.8, 4) is 5.75 Å². The topological polar surface area (TPSA) is 162 Å². The summed E-state index contributed by atoms with van der Waals surface area (Å²) in [5, 5.41) is 14.4. The highest BCUT2D eigenvalue weighted by molar-refractivity contribution is 8.01. The smallest absolute Gasteiger partial charge is 0.248 e. The van der Waals surface area contributed by atoms with Crippen LogP contribution in [0.1, 0.15) is 20.7 Å². The van der Waals surface area contributed by atoms with E-state index in [9.17, 15) is 14.4 Å². The summed E-state index contributed by atoms with van der Waals surface area (Å²) in [7, 11) is 1.60. The largest absolute Gasteiger partial charge is 0.497 e. The molecule has 10 nitrogen and oxygen atoms in total. The van der Waals surface area contributed by atoms with E-state index in [1.54, 1.807) is 7.11 Å². The van der Waals surface area contributed by atoms with Crippen LogP contribution in [0.25, 0.3) is 0 Å². The lowest BCUT2D eigenvalue weighted by Crippen LogP contribution is -2.18. The lowest BCUT2D eigenvalue weighted by atomic mass is 10.1. The summed E-state index contributed by atoms with van der Waals surface area (Å²) in [4.78, 5) is 35.1. The number of amides is 3. The number of methoxy groups -OCH3 is 1. The molecule has 2 aromatic carbocycles. The maximum Gasteiger partial charge on any atom is 0.248 e. The van der Waals surface area contributed by atoms with Crippen molar-refractivity contribution in [3.63, 3.8) is 0 Å². The number of primary amides is 2. The highest BCUT2D eigenvalue weighted by Gasteiger charge is 2.13. The van der Waals surface area contributed by atoms with Crippen molar-refractivity contribution in [2.45, 2.75) is 4.34 Å².